The maximum atomic E-state index is 14.0. The number of aliphatic imine (C=N–C) groups is 1. The van der Waals surface area contributed by atoms with Crippen LogP contribution in [-0.4, -0.2) is 67.3 Å². The van der Waals surface area contributed by atoms with Crippen LogP contribution in [0.25, 0.3) is 0 Å². The van der Waals surface area contributed by atoms with Crippen LogP contribution in [0.4, 0.5) is 24.7 Å². The summed E-state index contributed by atoms with van der Waals surface area (Å²) in [5.74, 6) is 0.208. The van der Waals surface area contributed by atoms with Crippen LogP contribution in [0, 0.1) is 6.92 Å². The van der Waals surface area contributed by atoms with E-state index < -0.39 is 17.8 Å². The third-order valence-corrected chi connectivity index (χ3v) is 6.59. The number of methoxy groups -OCH3 is 1. The zero-order chi connectivity index (χ0) is 28.5. The standard InChI is InChI=1S/C26H32F3N7O3/c1-14-8-15(30)9-17(22(14)26(27,28)29)21-11-20-18(13-39-21)23(34-25(33-20)38-4)36-7-5-6-32-16(12-36)10-19(31)24(37)35(2)3/h8-10,21H,5-7,11-13,30-31H2,1-4H3/b19-10-. The lowest BCUT2D eigenvalue weighted by molar-refractivity contribution is -0.140. The highest BCUT2D eigenvalue weighted by Crippen LogP contribution is 2.42. The van der Waals surface area contributed by atoms with Gasteiger partial charge in [0.25, 0.3) is 5.91 Å². The first kappa shape index (κ1) is 28.1. The van der Waals surface area contributed by atoms with Gasteiger partial charge in [0.05, 0.1) is 49.0 Å². The van der Waals surface area contributed by atoms with Crippen molar-refractivity contribution >= 4 is 23.1 Å². The number of amides is 1. The van der Waals surface area contributed by atoms with Crippen molar-refractivity contribution in [2.75, 3.05) is 51.5 Å². The second-order valence-electron chi connectivity index (χ2n) is 9.71. The lowest BCUT2D eigenvalue weighted by atomic mass is 9.92. The molecular weight excluding hydrogens is 515 g/mol. The molecule has 13 heteroatoms. The quantitative estimate of drug-likeness (QED) is 0.432. The number of carbonyl (C=O) groups is 1. The predicted octanol–water partition coefficient (Wildman–Crippen LogP) is 2.79. The Bertz CT molecular complexity index is 1320. The maximum absolute atomic E-state index is 14.0. The van der Waals surface area contributed by atoms with Crippen molar-refractivity contribution in [1.82, 2.24) is 14.9 Å². The van der Waals surface area contributed by atoms with E-state index in [9.17, 15) is 18.0 Å². The van der Waals surface area contributed by atoms with E-state index in [1.807, 2.05) is 4.90 Å². The summed E-state index contributed by atoms with van der Waals surface area (Å²) in [5, 5.41) is 0. The first-order chi connectivity index (χ1) is 18.4. The molecule has 0 aliphatic carbocycles. The lowest BCUT2D eigenvalue weighted by Gasteiger charge is -2.31. The highest BCUT2D eigenvalue weighted by atomic mass is 19.4. The zero-order valence-electron chi connectivity index (χ0n) is 22.3. The van der Waals surface area contributed by atoms with E-state index >= 15 is 0 Å². The van der Waals surface area contributed by atoms with Gasteiger partial charge in [-0.3, -0.25) is 9.79 Å². The molecule has 3 heterocycles. The number of benzene rings is 1. The van der Waals surface area contributed by atoms with Gasteiger partial charge in [-0.25, -0.2) is 0 Å². The number of hydrogen-bond acceptors (Lipinski definition) is 9. The molecule has 10 nitrogen and oxygen atoms in total. The van der Waals surface area contributed by atoms with Gasteiger partial charge in [-0.2, -0.15) is 23.1 Å². The van der Waals surface area contributed by atoms with Gasteiger partial charge in [0.1, 0.15) is 5.82 Å². The van der Waals surface area contributed by atoms with Crippen molar-refractivity contribution in [2.24, 2.45) is 10.7 Å². The van der Waals surface area contributed by atoms with Gasteiger partial charge in [-0.1, -0.05) is 0 Å². The Morgan fingerprint density at radius 3 is 2.69 bits per heavy atom. The number of ether oxygens (including phenoxy) is 2. The molecule has 1 atom stereocenters. The van der Waals surface area contributed by atoms with E-state index in [0.29, 0.717) is 48.8 Å². The molecule has 0 spiro atoms. The molecule has 4 N–H and O–H groups in total. The van der Waals surface area contributed by atoms with Gasteiger partial charge in [-0.05, 0) is 42.7 Å². The van der Waals surface area contributed by atoms with Gasteiger partial charge in [0, 0.05) is 44.9 Å². The van der Waals surface area contributed by atoms with E-state index in [0.717, 1.165) is 0 Å². The summed E-state index contributed by atoms with van der Waals surface area (Å²) in [4.78, 5) is 29.2. The lowest BCUT2D eigenvalue weighted by Crippen LogP contribution is -2.33. The number of nitrogen functional groups attached to an aromatic ring is 1. The number of anilines is 2. The van der Waals surface area contributed by atoms with Crippen LogP contribution in [0.3, 0.4) is 0 Å². The topological polar surface area (TPSA) is 132 Å². The molecule has 210 valence electrons. The van der Waals surface area contributed by atoms with Crippen molar-refractivity contribution in [3.63, 3.8) is 0 Å². The first-order valence-electron chi connectivity index (χ1n) is 12.4. The van der Waals surface area contributed by atoms with E-state index in [1.165, 1.54) is 31.1 Å². The van der Waals surface area contributed by atoms with Gasteiger partial charge in [0.15, 0.2) is 0 Å². The van der Waals surface area contributed by atoms with Gasteiger partial charge in [0.2, 0.25) is 0 Å². The van der Waals surface area contributed by atoms with Gasteiger partial charge < -0.3 is 30.7 Å². The molecule has 1 aromatic heterocycles. The van der Waals surface area contributed by atoms with Crippen molar-refractivity contribution in [3.8, 4) is 6.01 Å². The predicted molar refractivity (Wildman–Crippen MR) is 141 cm³/mol. The molecule has 1 aromatic carbocycles. The number of aromatic nitrogens is 2. The third kappa shape index (κ3) is 6.08. The number of hydrogen-bond donors (Lipinski definition) is 2. The number of likely N-dealkylation sites (N-methyl/N-ethyl adjacent to an activating group) is 1. The Morgan fingerprint density at radius 1 is 1.28 bits per heavy atom. The number of alkyl halides is 3. The molecule has 0 saturated heterocycles. The number of aryl methyl sites for hydroxylation is 1. The summed E-state index contributed by atoms with van der Waals surface area (Å²) in [6, 6.07) is 2.71. The number of carbonyl (C=O) groups excluding carboxylic acids is 1. The van der Waals surface area contributed by atoms with Crippen LogP contribution < -0.4 is 21.1 Å². The normalized spacial score (nSPS) is 18.2. The minimum atomic E-state index is -4.57. The van der Waals surface area contributed by atoms with Crippen LogP contribution in [0.2, 0.25) is 0 Å². The second-order valence-corrected chi connectivity index (χ2v) is 9.71. The van der Waals surface area contributed by atoms with Gasteiger partial charge in [-0.15, -0.1) is 0 Å². The average molecular weight is 548 g/mol. The van der Waals surface area contributed by atoms with Crippen molar-refractivity contribution in [2.45, 2.75) is 38.7 Å². The highest BCUT2D eigenvalue weighted by molar-refractivity contribution is 6.05. The molecule has 1 unspecified atom stereocenters. The Hall–Kier alpha value is -3.87. The van der Waals surface area contributed by atoms with Crippen molar-refractivity contribution in [1.29, 1.82) is 0 Å². The maximum Gasteiger partial charge on any atom is 0.417 e. The fourth-order valence-electron chi connectivity index (χ4n) is 4.85. The Balaban J connectivity index is 1.70. The summed E-state index contributed by atoms with van der Waals surface area (Å²) >= 11 is 0. The van der Waals surface area contributed by atoms with Crippen LogP contribution in [0.1, 0.15) is 40.5 Å². The monoisotopic (exact) mass is 547 g/mol. The summed E-state index contributed by atoms with van der Waals surface area (Å²) in [6.07, 6.45) is -3.15. The summed E-state index contributed by atoms with van der Waals surface area (Å²) < 4.78 is 53.3. The summed E-state index contributed by atoms with van der Waals surface area (Å²) in [7, 11) is 4.65. The summed E-state index contributed by atoms with van der Waals surface area (Å²) in [5.41, 5.74) is 13.2. The van der Waals surface area contributed by atoms with E-state index in [4.69, 9.17) is 20.9 Å². The molecule has 2 aliphatic rings. The number of rotatable bonds is 5. The van der Waals surface area contributed by atoms with Crippen LogP contribution in [0.15, 0.2) is 28.9 Å². The molecule has 39 heavy (non-hydrogen) atoms. The Morgan fingerprint density at radius 2 is 2.03 bits per heavy atom. The molecule has 0 fully saturated rings. The van der Waals surface area contributed by atoms with Crippen LogP contribution in [0.5, 0.6) is 6.01 Å². The Kier molecular flexibility index (Phi) is 8.00. The van der Waals surface area contributed by atoms with E-state index in [2.05, 4.69) is 15.0 Å². The zero-order valence-corrected chi connectivity index (χ0v) is 22.3. The molecule has 2 aliphatic heterocycles. The van der Waals surface area contributed by atoms with E-state index in [1.54, 1.807) is 20.2 Å². The molecule has 0 saturated carbocycles. The minimum absolute atomic E-state index is 0.00938. The fraction of sp³-hybridized carbons (Fsp3) is 0.462. The van der Waals surface area contributed by atoms with Crippen LogP contribution in [-0.2, 0) is 28.7 Å². The van der Waals surface area contributed by atoms with E-state index in [-0.39, 0.29) is 47.5 Å². The summed E-state index contributed by atoms with van der Waals surface area (Å²) in [6.45, 7) is 2.80. The number of nitrogens with two attached hydrogens (primary N) is 2. The third-order valence-electron chi connectivity index (χ3n) is 6.59. The van der Waals surface area contributed by atoms with Gasteiger partial charge >= 0.3 is 12.2 Å². The second kappa shape index (κ2) is 11.1. The molecule has 2 aromatic rings. The fourth-order valence-corrected chi connectivity index (χ4v) is 4.85. The number of nitrogens with zero attached hydrogens (tertiary/aromatic N) is 5. The highest BCUT2D eigenvalue weighted by Gasteiger charge is 2.39. The Labute approximate surface area is 224 Å². The minimum Gasteiger partial charge on any atom is -0.467 e. The molecule has 0 bridgehead atoms. The van der Waals surface area contributed by atoms with Crippen LogP contribution >= 0.6 is 0 Å². The first-order valence-corrected chi connectivity index (χ1v) is 12.4. The molecule has 0 radical (unpaired) electrons. The number of fused-ring (bicyclic) bond motifs is 1. The van der Waals surface area contributed by atoms with Crippen molar-refractivity contribution in [3.05, 3.63) is 51.9 Å². The molecule has 1 amide bonds. The van der Waals surface area contributed by atoms with Crippen molar-refractivity contribution < 1.29 is 27.4 Å². The smallest absolute Gasteiger partial charge is 0.417 e. The SMILES string of the molecule is COc1nc2c(c(N3CCCN=C(/C=C(\N)C(=O)N(C)C)C3)n1)COC(c1cc(N)cc(C)c1C(F)(F)F)C2. The number of halogens is 3. The molecule has 4 rings (SSSR count). The average Bonchev–Trinajstić information content (AvgIpc) is 3.11. The largest absolute Gasteiger partial charge is 0.467 e. The molecular formula is C26H32F3N7O3.